The van der Waals surface area contributed by atoms with Crippen molar-refractivity contribution in [1.82, 2.24) is 25.0 Å². The molecule has 0 unspecified atom stereocenters. The van der Waals surface area contributed by atoms with Crippen LogP contribution in [0.3, 0.4) is 0 Å². The van der Waals surface area contributed by atoms with Gasteiger partial charge in [-0.05, 0) is 19.1 Å². The Bertz CT molecular complexity index is 647. The Kier molecular flexibility index (Phi) is 4.99. The first kappa shape index (κ1) is 15.6. The maximum atomic E-state index is 12.1. The van der Waals surface area contributed by atoms with Crippen LogP contribution in [0.1, 0.15) is 16.2 Å². The largest absolute Gasteiger partial charge is 0.379 e. The molecule has 3 rings (SSSR count). The van der Waals surface area contributed by atoms with Crippen LogP contribution in [0.2, 0.25) is 0 Å². The van der Waals surface area contributed by atoms with Crippen molar-refractivity contribution < 1.29 is 9.53 Å². The topological polar surface area (TPSA) is 72.3 Å². The quantitative estimate of drug-likeness (QED) is 0.876. The first-order valence-corrected chi connectivity index (χ1v) is 7.79. The van der Waals surface area contributed by atoms with Crippen LogP contribution in [0.15, 0.2) is 30.6 Å². The normalized spacial score (nSPS) is 15.5. The van der Waals surface area contributed by atoms with Gasteiger partial charge in [0, 0.05) is 26.2 Å². The van der Waals surface area contributed by atoms with E-state index in [-0.39, 0.29) is 11.7 Å². The highest BCUT2D eigenvalue weighted by Gasteiger charge is 2.13. The van der Waals surface area contributed by atoms with Crippen LogP contribution in [0.4, 0.5) is 0 Å². The van der Waals surface area contributed by atoms with Crippen LogP contribution in [-0.4, -0.2) is 65.0 Å². The molecule has 1 aliphatic rings. The number of amides is 1. The number of benzene rings is 1. The van der Waals surface area contributed by atoms with Crippen molar-refractivity contribution in [2.24, 2.45) is 0 Å². The minimum Gasteiger partial charge on any atom is -0.379 e. The zero-order chi connectivity index (χ0) is 16.1. The van der Waals surface area contributed by atoms with E-state index >= 15 is 0 Å². The third-order valence-corrected chi connectivity index (χ3v) is 3.81. The second-order valence-corrected chi connectivity index (χ2v) is 5.56. The van der Waals surface area contributed by atoms with E-state index in [1.807, 2.05) is 31.2 Å². The number of carbonyl (C=O) groups is 1. The van der Waals surface area contributed by atoms with Gasteiger partial charge < -0.3 is 10.1 Å². The lowest BCUT2D eigenvalue weighted by Gasteiger charge is -2.26. The molecule has 1 amide bonds. The molecule has 0 aliphatic carbocycles. The number of morpholine rings is 1. The molecule has 1 N–H and O–H groups in total. The van der Waals surface area contributed by atoms with E-state index in [1.54, 1.807) is 11.0 Å². The van der Waals surface area contributed by atoms with Crippen molar-refractivity contribution in [3.8, 4) is 5.69 Å². The van der Waals surface area contributed by atoms with Crippen LogP contribution < -0.4 is 5.32 Å². The van der Waals surface area contributed by atoms with E-state index in [0.29, 0.717) is 6.54 Å². The number of aryl methyl sites for hydroxylation is 1. The summed E-state index contributed by atoms with van der Waals surface area (Å²) >= 11 is 0. The summed E-state index contributed by atoms with van der Waals surface area (Å²) in [6.07, 6.45) is 1.56. The first-order chi connectivity index (χ1) is 11.2. The molecule has 1 saturated heterocycles. The molecular weight excluding hydrogens is 294 g/mol. The Morgan fingerprint density at radius 1 is 1.26 bits per heavy atom. The molecule has 2 heterocycles. The lowest BCUT2D eigenvalue weighted by Crippen LogP contribution is -2.41. The Morgan fingerprint density at radius 3 is 2.74 bits per heavy atom. The number of carbonyl (C=O) groups excluding carboxylic acids is 1. The molecule has 2 aromatic rings. The average molecular weight is 315 g/mol. The predicted molar refractivity (Wildman–Crippen MR) is 85.7 cm³/mol. The molecule has 23 heavy (non-hydrogen) atoms. The second kappa shape index (κ2) is 7.34. The molecule has 1 fully saturated rings. The molecule has 0 radical (unpaired) electrons. The van der Waals surface area contributed by atoms with Crippen LogP contribution in [0, 0.1) is 6.92 Å². The number of nitrogens with one attached hydrogen (secondary N) is 1. The van der Waals surface area contributed by atoms with Gasteiger partial charge in [-0.1, -0.05) is 17.7 Å². The summed E-state index contributed by atoms with van der Waals surface area (Å²) in [7, 11) is 0. The molecule has 0 atom stereocenters. The predicted octanol–water partition coefficient (Wildman–Crippen LogP) is 0.638. The van der Waals surface area contributed by atoms with Gasteiger partial charge in [0.15, 0.2) is 0 Å². The standard InChI is InChI=1S/C16H21N5O2/c1-13-2-4-14(5-3-13)21-12-18-15(19-21)16(22)17-6-7-20-8-10-23-11-9-20/h2-5,12H,6-11H2,1H3,(H,17,22). The van der Waals surface area contributed by atoms with Gasteiger partial charge in [-0.25, -0.2) is 9.67 Å². The van der Waals surface area contributed by atoms with Crippen molar-refractivity contribution in [3.05, 3.63) is 42.0 Å². The summed E-state index contributed by atoms with van der Waals surface area (Å²) in [5, 5.41) is 7.10. The minimum absolute atomic E-state index is 0.188. The molecule has 7 heteroatoms. The number of aromatic nitrogens is 3. The summed E-state index contributed by atoms with van der Waals surface area (Å²) in [6.45, 7) is 6.77. The van der Waals surface area contributed by atoms with Crippen LogP contribution in [-0.2, 0) is 4.74 Å². The SMILES string of the molecule is Cc1ccc(-n2cnc(C(=O)NCCN3CCOCC3)n2)cc1. The van der Waals surface area contributed by atoms with E-state index in [9.17, 15) is 4.79 Å². The summed E-state index contributed by atoms with van der Waals surface area (Å²) < 4.78 is 6.90. The van der Waals surface area contributed by atoms with Crippen molar-refractivity contribution in [2.75, 3.05) is 39.4 Å². The molecular formula is C16H21N5O2. The molecule has 1 aromatic carbocycles. The molecule has 122 valence electrons. The smallest absolute Gasteiger partial charge is 0.291 e. The lowest BCUT2D eigenvalue weighted by molar-refractivity contribution is 0.0383. The van der Waals surface area contributed by atoms with Gasteiger partial charge in [-0.2, -0.15) is 0 Å². The number of rotatable bonds is 5. The lowest BCUT2D eigenvalue weighted by atomic mass is 10.2. The second-order valence-electron chi connectivity index (χ2n) is 5.56. The first-order valence-electron chi connectivity index (χ1n) is 7.79. The van der Waals surface area contributed by atoms with E-state index < -0.39 is 0 Å². The van der Waals surface area contributed by atoms with Crippen LogP contribution in [0.25, 0.3) is 5.69 Å². The van der Waals surface area contributed by atoms with Gasteiger partial charge in [0.1, 0.15) is 6.33 Å². The number of hydrogen-bond donors (Lipinski definition) is 1. The third kappa shape index (κ3) is 4.14. The fourth-order valence-corrected chi connectivity index (χ4v) is 2.42. The van der Waals surface area contributed by atoms with E-state index in [4.69, 9.17) is 4.74 Å². The monoisotopic (exact) mass is 315 g/mol. The highest BCUT2D eigenvalue weighted by Crippen LogP contribution is 2.07. The van der Waals surface area contributed by atoms with E-state index in [1.165, 1.54) is 5.56 Å². The highest BCUT2D eigenvalue weighted by molar-refractivity contribution is 5.90. The maximum Gasteiger partial charge on any atom is 0.291 e. The zero-order valence-corrected chi connectivity index (χ0v) is 13.2. The Hall–Kier alpha value is -2.25. The molecule has 0 bridgehead atoms. The van der Waals surface area contributed by atoms with Gasteiger partial charge in [-0.15, -0.1) is 5.10 Å². The summed E-state index contributed by atoms with van der Waals surface area (Å²) in [5.41, 5.74) is 2.06. The van der Waals surface area contributed by atoms with Gasteiger partial charge in [0.05, 0.1) is 18.9 Å². The average Bonchev–Trinajstić information content (AvgIpc) is 3.06. The molecule has 1 aromatic heterocycles. The Balaban J connectivity index is 1.52. The van der Waals surface area contributed by atoms with Gasteiger partial charge in [0.2, 0.25) is 5.82 Å². The fraction of sp³-hybridized carbons (Fsp3) is 0.438. The van der Waals surface area contributed by atoms with Gasteiger partial charge >= 0.3 is 0 Å². The number of hydrogen-bond acceptors (Lipinski definition) is 5. The van der Waals surface area contributed by atoms with E-state index in [0.717, 1.165) is 38.5 Å². The zero-order valence-electron chi connectivity index (χ0n) is 13.2. The van der Waals surface area contributed by atoms with Gasteiger partial charge in [-0.3, -0.25) is 9.69 Å². The molecule has 0 spiro atoms. The maximum absolute atomic E-state index is 12.1. The Labute approximate surface area is 135 Å². The summed E-state index contributed by atoms with van der Waals surface area (Å²) in [4.78, 5) is 18.4. The van der Waals surface area contributed by atoms with Crippen LogP contribution >= 0.6 is 0 Å². The number of ether oxygens (including phenoxy) is 1. The fourth-order valence-electron chi connectivity index (χ4n) is 2.42. The minimum atomic E-state index is -0.246. The highest BCUT2D eigenvalue weighted by atomic mass is 16.5. The van der Waals surface area contributed by atoms with Crippen LogP contribution in [0.5, 0.6) is 0 Å². The van der Waals surface area contributed by atoms with Crippen molar-refractivity contribution >= 4 is 5.91 Å². The Morgan fingerprint density at radius 2 is 2.00 bits per heavy atom. The molecule has 1 aliphatic heterocycles. The molecule has 7 nitrogen and oxygen atoms in total. The van der Waals surface area contributed by atoms with Gasteiger partial charge in [0.25, 0.3) is 5.91 Å². The number of nitrogens with zero attached hydrogens (tertiary/aromatic N) is 4. The van der Waals surface area contributed by atoms with Crippen molar-refractivity contribution in [2.45, 2.75) is 6.92 Å². The summed E-state index contributed by atoms with van der Waals surface area (Å²) in [5.74, 6) is -0.0586. The third-order valence-electron chi connectivity index (χ3n) is 3.81. The van der Waals surface area contributed by atoms with E-state index in [2.05, 4.69) is 20.3 Å². The van der Waals surface area contributed by atoms with Crippen molar-refractivity contribution in [1.29, 1.82) is 0 Å². The summed E-state index contributed by atoms with van der Waals surface area (Å²) in [6, 6.07) is 7.90. The van der Waals surface area contributed by atoms with Crippen molar-refractivity contribution in [3.63, 3.8) is 0 Å². The molecule has 0 saturated carbocycles.